The van der Waals surface area contributed by atoms with E-state index in [1.165, 1.54) is 0 Å². The van der Waals surface area contributed by atoms with Gasteiger partial charge in [-0.1, -0.05) is 31.8 Å². The van der Waals surface area contributed by atoms with E-state index in [1.54, 1.807) is 17.5 Å². The van der Waals surface area contributed by atoms with E-state index in [1.807, 2.05) is 30.5 Å². The van der Waals surface area contributed by atoms with Crippen molar-refractivity contribution in [3.8, 4) is 28.0 Å². The number of rotatable bonds is 6. The Labute approximate surface area is 188 Å². The average Bonchev–Trinajstić information content (AvgIpc) is 3.22. The normalized spacial score (nSPS) is 11.3. The predicted molar refractivity (Wildman–Crippen MR) is 129 cm³/mol. The van der Waals surface area contributed by atoms with Gasteiger partial charge in [0, 0.05) is 41.4 Å². The molecule has 3 rings (SSSR count). The van der Waals surface area contributed by atoms with Crippen molar-refractivity contribution in [1.29, 1.82) is 0 Å². The van der Waals surface area contributed by atoms with Gasteiger partial charge in [-0.05, 0) is 50.1 Å². The van der Waals surface area contributed by atoms with Crippen molar-refractivity contribution >= 4 is 17.2 Å². The van der Waals surface area contributed by atoms with Gasteiger partial charge in [-0.15, -0.1) is 11.3 Å². The van der Waals surface area contributed by atoms with Crippen LogP contribution < -0.4 is 16.2 Å². The van der Waals surface area contributed by atoms with E-state index < -0.39 is 0 Å². The Hall–Kier alpha value is -2.88. The number of hydrogen-bond acceptors (Lipinski definition) is 6. The molecule has 0 fully saturated rings. The van der Waals surface area contributed by atoms with Crippen LogP contribution >= 0.6 is 11.3 Å². The Balaban J connectivity index is 1.83. The number of thiazole rings is 1. The largest absolute Gasteiger partial charge is 0.485 e. The van der Waals surface area contributed by atoms with E-state index in [0.29, 0.717) is 30.6 Å². The molecule has 31 heavy (non-hydrogen) atoms. The van der Waals surface area contributed by atoms with Crippen LogP contribution in [0.2, 0.25) is 0 Å². The first kappa shape index (κ1) is 22.8. The SMILES string of the molecule is CC(C)c1ncc(-c2cnc(N)c(OCc3cc(C#CC(C)(C)C)ccc3CN)c2)s1. The third-order valence-corrected chi connectivity index (χ3v) is 5.92. The number of nitrogens with two attached hydrogens (primary N) is 2. The molecular formula is C25H30N4OS. The topological polar surface area (TPSA) is 87.0 Å². The van der Waals surface area contributed by atoms with Gasteiger partial charge in [0.15, 0.2) is 11.6 Å². The molecule has 0 saturated heterocycles. The van der Waals surface area contributed by atoms with E-state index in [2.05, 4.69) is 56.4 Å². The number of nitrogen functional groups attached to an aromatic ring is 1. The lowest BCUT2D eigenvalue weighted by Gasteiger charge is -2.13. The highest BCUT2D eigenvalue weighted by Crippen LogP contribution is 2.33. The molecule has 2 heterocycles. The summed E-state index contributed by atoms with van der Waals surface area (Å²) < 4.78 is 6.08. The van der Waals surface area contributed by atoms with Crippen LogP contribution in [0.5, 0.6) is 5.75 Å². The molecule has 0 bridgehead atoms. The quantitative estimate of drug-likeness (QED) is 0.511. The van der Waals surface area contributed by atoms with Crippen molar-refractivity contribution in [2.24, 2.45) is 11.1 Å². The zero-order valence-electron chi connectivity index (χ0n) is 18.8. The molecule has 0 spiro atoms. The van der Waals surface area contributed by atoms with Crippen molar-refractivity contribution < 1.29 is 4.74 Å². The second-order valence-electron chi connectivity index (χ2n) is 8.80. The molecule has 2 aromatic heterocycles. The highest BCUT2D eigenvalue weighted by Gasteiger charge is 2.12. The summed E-state index contributed by atoms with van der Waals surface area (Å²) in [6.07, 6.45) is 3.63. The van der Waals surface area contributed by atoms with Crippen LogP contribution in [0.25, 0.3) is 10.4 Å². The number of nitrogens with zero attached hydrogens (tertiary/aromatic N) is 2. The number of pyridine rings is 1. The molecule has 1 aromatic carbocycles. The second-order valence-corrected chi connectivity index (χ2v) is 9.86. The monoisotopic (exact) mass is 434 g/mol. The lowest BCUT2D eigenvalue weighted by atomic mass is 9.97. The molecule has 0 atom stereocenters. The lowest BCUT2D eigenvalue weighted by molar-refractivity contribution is 0.306. The molecule has 0 aliphatic rings. The molecule has 0 radical (unpaired) electrons. The van der Waals surface area contributed by atoms with Gasteiger partial charge in [0.1, 0.15) is 6.61 Å². The van der Waals surface area contributed by atoms with Crippen LogP contribution in [-0.2, 0) is 13.2 Å². The molecule has 3 aromatic rings. The molecule has 0 saturated carbocycles. The van der Waals surface area contributed by atoms with Crippen LogP contribution in [0.1, 0.15) is 62.2 Å². The van der Waals surface area contributed by atoms with Gasteiger partial charge in [0.05, 0.1) is 9.88 Å². The Morgan fingerprint density at radius 3 is 2.52 bits per heavy atom. The first-order chi connectivity index (χ1) is 14.7. The number of anilines is 1. The molecule has 6 heteroatoms. The van der Waals surface area contributed by atoms with Gasteiger partial charge in [0.2, 0.25) is 0 Å². The average molecular weight is 435 g/mol. The van der Waals surface area contributed by atoms with E-state index in [9.17, 15) is 0 Å². The fourth-order valence-corrected chi connectivity index (χ4v) is 3.75. The molecular weight excluding hydrogens is 404 g/mol. The van der Waals surface area contributed by atoms with Crippen molar-refractivity contribution in [3.05, 3.63) is 58.4 Å². The highest BCUT2D eigenvalue weighted by atomic mass is 32.1. The molecule has 5 nitrogen and oxygen atoms in total. The molecule has 162 valence electrons. The van der Waals surface area contributed by atoms with Crippen molar-refractivity contribution in [1.82, 2.24) is 9.97 Å². The number of ether oxygens (including phenoxy) is 1. The minimum atomic E-state index is -0.0597. The first-order valence-electron chi connectivity index (χ1n) is 10.4. The summed E-state index contributed by atoms with van der Waals surface area (Å²) in [6, 6.07) is 7.96. The summed E-state index contributed by atoms with van der Waals surface area (Å²) in [5.74, 6) is 7.80. The summed E-state index contributed by atoms with van der Waals surface area (Å²) in [7, 11) is 0. The Bertz CT molecular complexity index is 1120. The molecule has 0 amide bonds. The van der Waals surface area contributed by atoms with E-state index in [0.717, 1.165) is 32.1 Å². The van der Waals surface area contributed by atoms with Gasteiger partial charge < -0.3 is 16.2 Å². The van der Waals surface area contributed by atoms with E-state index in [4.69, 9.17) is 16.2 Å². The Morgan fingerprint density at radius 1 is 1.10 bits per heavy atom. The maximum absolute atomic E-state index is 6.09. The lowest BCUT2D eigenvalue weighted by Crippen LogP contribution is -2.07. The summed E-state index contributed by atoms with van der Waals surface area (Å²) in [4.78, 5) is 9.86. The molecule has 0 aliphatic heterocycles. The fourth-order valence-electron chi connectivity index (χ4n) is 2.85. The Kier molecular flexibility index (Phi) is 6.99. The van der Waals surface area contributed by atoms with Crippen molar-refractivity contribution in [3.63, 3.8) is 0 Å². The minimum absolute atomic E-state index is 0.0597. The Morgan fingerprint density at radius 2 is 1.87 bits per heavy atom. The van der Waals surface area contributed by atoms with Crippen molar-refractivity contribution in [2.45, 2.75) is 53.7 Å². The summed E-state index contributed by atoms with van der Waals surface area (Å²) in [5, 5.41) is 1.09. The van der Waals surface area contributed by atoms with E-state index >= 15 is 0 Å². The zero-order chi connectivity index (χ0) is 22.6. The number of aromatic nitrogens is 2. The fraction of sp³-hybridized carbons (Fsp3) is 0.360. The summed E-state index contributed by atoms with van der Waals surface area (Å²) in [6.45, 7) is 11.3. The van der Waals surface area contributed by atoms with Gasteiger partial charge >= 0.3 is 0 Å². The molecule has 4 N–H and O–H groups in total. The summed E-state index contributed by atoms with van der Waals surface area (Å²) >= 11 is 1.66. The summed E-state index contributed by atoms with van der Waals surface area (Å²) in [5.41, 5.74) is 15.9. The van der Waals surface area contributed by atoms with Gasteiger partial charge in [-0.25, -0.2) is 9.97 Å². The molecule has 0 unspecified atom stereocenters. The standard InChI is InChI=1S/C25H30N4OS/c1-16(2)24-29-14-22(31-24)19-11-21(23(27)28-13-19)30-15-20-10-17(6-7-18(20)12-26)8-9-25(3,4)5/h6-7,10-11,13-14,16H,12,15,26H2,1-5H3,(H2,27,28). The van der Waals surface area contributed by atoms with E-state index in [-0.39, 0.29) is 5.41 Å². The van der Waals surface area contributed by atoms with Crippen LogP contribution in [0.3, 0.4) is 0 Å². The highest BCUT2D eigenvalue weighted by molar-refractivity contribution is 7.15. The first-order valence-corrected chi connectivity index (χ1v) is 11.2. The maximum Gasteiger partial charge on any atom is 0.166 e. The smallest absolute Gasteiger partial charge is 0.166 e. The van der Waals surface area contributed by atoms with Crippen LogP contribution in [-0.4, -0.2) is 9.97 Å². The van der Waals surface area contributed by atoms with Gasteiger partial charge in [-0.2, -0.15) is 0 Å². The molecule has 0 aliphatic carbocycles. The minimum Gasteiger partial charge on any atom is -0.485 e. The zero-order valence-corrected chi connectivity index (χ0v) is 19.6. The van der Waals surface area contributed by atoms with Crippen LogP contribution in [0.15, 0.2) is 36.7 Å². The predicted octanol–water partition coefficient (Wildman–Crippen LogP) is 5.35. The van der Waals surface area contributed by atoms with Crippen molar-refractivity contribution in [2.75, 3.05) is 5.73 Å². The second kappa shape index (κ2) is 9.51. The maximum atomic E-state index is 6.09. The third-order valence-electron chi connectivity index (χ3n) is 4.57. The van der Waals surface area contributed by atoms with Crippen LogP contribution in [0, 0.1) is 17.3 Å². The number of hydrogen-bond donors (Lipinski definition) is 2. The van der Waals surface area contributed by atoms with Gasteiger partial charge in [-0.3, -0.25) is 0 Å². The third kappa shape index (κ3) is 6.06. The van der Waals surface area contributed by atoms with Crippen LogP contribution in [0.4, 0.5) is 5.82 Å². The van der Waals surface area contributed by atoms with Gasteiger partial charge in [0.25, 0.3) is 0 Å². The number of benzene rings is 1.